The summed E-state index contributed by atoms with van der Waals surface area (Å²) < 4.78 is 30.6. The van der Waals surface area contributed by atoms with Crippen LogP contribution >= 0.6 is 0 Å². The van der Waals surface area contributed by atoms with Crippen LogP contribution < -0.4 is 9.47 Å². The number of halogens is 1. The van der Waals surface area contributed by atoms with Crippen LogP contribution in [0.3, 0.4) is 0 Å². The fraction of sp³-hybridized carbons (Fsp3) is 0.143. The molecule has 34 heavy (non-hydrogen) atoms. The molecule has 3 rings (SSSR count). The predicted octanol–water partition coefficient (Wildman–Crippen LogP) is 6.27. The van der Waals surface area contributed by atoms with E-state index >= 15 is 0 Å². The van der Waals surface area contributed by atoms with Crippen LogP contribution in [0.2, 0.25) is 0 Å². The highest BCUT2D eigenvalue weighted by Gasteiger charge is 2.14. The molecular weight excluding hydrogens is 435 g/mol. The second kappa shape index (κ2) is 10.7. The molecule has 0 aliphatic rings. The Morgan fingerprint density at radius 2 is 1.29 bits per heavy atom. The smallest absolute Gasteiger partial charge is 0.338 e. The highest BCUT2D eigenvalue weighted by atomic mass is 19.1. The molecule has 0 amide bonds. The van der Waals surface area contributed by atoms with Gasteiger partial charge in [0.15, 0.2) is 0 Å². The van der Waals surface area contributed by atoms with Gasteiger partial charge in [-0.05, 0) is 66.4 Å². The fourth-order valence-corrected chi connectivity index (χ4v) is 3.19. The quantitative estimate of drug-likeness (QED) is 0.225. The molecule has 0 unspecified atom stereocenters. The van der Waals surface area contributed by atoms with Gasteiger partial charge in [0.2, 0.25) is 0 Å². The molecule has 0 aromatic heterocycles. The molecule has 0 saturated heterocycles. The van der Waals surface area contributed by atoms with Crippen molar-refractivity contribution in [3.8, 4) is 33.8 Å². The van der Waals surface area contributed by atoms with Gasteiger partial charge < -0.3 is 14.2 Å². The maximum absolute atomic E-state index is 14.9. The standard InChI is InChI=1S/C28H25FO5/c1-17(2)27(30)33-22-9-6-19(7-10-22)20-8-12-24(21(14-20)16-32-5)25-13-11-23(15-26(25)29)34-28(31)18(3)4/h6-15H,1,3,16H2,2,4-5H3. The van der Waals surface area contributed by atoms with Crippen LogP contribution in [0.1, 0.15) is 19.4 Å². The van der Waals surface area contributed by atoms with E-state index in [2.05, 4.69) is 13.2 Å². The van der Waals surface area contributed by atoms with Gasteiger partial charge in [0, 0.05) is 29.9 Å². The zero-order valence-electron chi connectivity index (χ0n) is 19.3. The first-order valence-electron chi connectivity index (χ1n) is 10.5. The number of esters is 2. The zero-order chi connectivity index (χ0) is 24.8. The number of methoxy groups -OCH3 is 1. The zero-order valence-corrected chi connectivity index (χ0v) is 19.3. The summed E-state index contributed by atoms with van der Waals surface area (Å²) in [6, 6.07) is 16.9. The van der Waals surface area contributed by atoms with E-state index in [9.17, 15) is 14.0 Å². The lowest BCUT2D eigenvalue weighted by molar-refractivity contribution is -0.130. The Hall–Kier alpha value is -4.03. The Morgan fingerprint density at radius 3 is 1.85 bits per heavy atom. The first kappa shape index (κ1) is 24.6. The monoisotopic (exact) mass is 460 g/mol. The first-order chi connectivity index (χ1) is 16.2. The summed E-state index contributed by atoms with van der Waals surface area (Å²) >= 11 is 0. The van der Waals surface area contributed by atoms with Gasteiger partial charge >= 0.3 is 11.9 Å². The Morgan fingerprint density at radius 1 is 0.765 bits per heavy atom. The third kappa shape index (κ3) is 5.85. The molecule has 0 radical (unpaired) electrons. The SMILES string of the molecule is C=C(C)C(=O)Oc1ccc(-c2ccc(-c3ccc(OC(=O)C(=C)C)cc3F)c(COC)c2)cc1. The van der Waals surface area contributed by atoms with Gasteiger partial charge in [0.1, 0.15) is 17.3 Å². The number of benzene rings is 3. The maximum atomic E-state index is 14.9. The highest BCUT2D eigenvalue weighted by Crippen LogP contribution is 2.33. The summed E-state index contributed by atoms with van der Waals surface area (Å²) in [5, 5.41) is 0. The van der Waals surface area contributed by atoms with Crippen molar-refractivity contribution < 1.29 is 28.2 Å². The van der Waals surface area contributed by atoms with Crippen LogP contribution in [0, 0.1) is 5.82 Å². The summed E-state index contributed by atoms with van der Waals surface area (Å²) in [6.07, 6.45) is 0. The van der Waals surface area contributed by atoms with E-state index in [1.165, 1.54) is 19.1 Å². The summed E-state index contributed by atoms with van der Waals surface area (Å²) in [7, 11) is 1.57. The Balaban J connectivity index is 1.90. The second-order valence-electron chi connectivity index (χ2n) is 7.81. The van der Waals surface area contributed by atoms with Gasteiger partial charge in [0.05, 0.1) is 6.61 Å². The molecule has 6 heteroatoms. The van der Waals surface area contributed by atoms with Crippen molar-refractivity contribution in [2.24, 2.45) is 0 Å². The average Bonchev–Trinajstić information content (AvgIpc) is 2.80. The molecule has 5 nitrogen and oxygen atoms in total. The minimum Gasteiger partial charge on any atom is -0.423 e. The van der Waals surface area contributed by atoms with Gasteiger partial charge in [-0.1, -0.05) is 37.4 Å². The van der Waals surface area contributed by atoms with Crippen molar-refractivity contribution in [1.29, 1.82) is 0 Å². The average molecular weight is 461 g/mol. The van der Waals surface area contributed by atoms with Gasteiger partial charge in [-0.25, -0.2) is 14.0 Å². The van der Waals surface area contributed by atoms with Crippen LogP contribution in [0.4, 0.5) is 4.39 Å². The summed E-state index contributed by atoms with van der Waals surface area (Å²) in [5.74, 6) is -1.11. The summed E-state index contributed by atoms with van der Waals surface area (Å²) in [5.41, 5.74) is 4.12. The number of ether oxygens (including phenoxy) is 3. The first-order valence-corrected chi connectivity index (χ1v) is 10.5. The van der Waals surface area contributed by atoms with Crippen LogP contribution in [0.25, 0.3) is 22.3 Å². The number of carbonyl (C=O) groups excluding carboxylic acids is 2. The van der Waals surface area contributed by atoms with E-state index < -0.39 is 17.8 Å². The molecule has 0 atom stereocenters. The lowest BCUT2D eigenvalue weighted by Gasteiger charge is -2.14. The van der Waals surface area contributed by atoms with E-state index in [0.29, 0.717) is 22.4 Å². The molecule has 0 spiro atoms. The minimum atomic E-state index is -0.614. The van der Waals surface area contributed by atoms with E-state index in [0.717, 1.165) is 16.7 Å². The Bertz CT molecular complexity index is 1260. The third-order valence-corrected chi connectivity index (χ3v) is 4.94. The normalized spacial score (nSPS) is 10.5. The van der Waals surface area contributed by atoms with Crippen LogP contribution in [-0.4, -0.2) is 19.0 Å². The van der Waals surface area contributed by atoms with Crippen LogP contribution in [0.15, 0.2) is 85.0 Å². The number of hydrogen-bond donors (Lipinski definition) is 0. The van der Waals surface area contributed by atoms with E-state index in [-0.39, 0.29) is 17.9 Å². The summed E-state index contributed by atoms with van der Waals surface area (Å²) in [6.45, 7) is 10.5. The number of rotatable bonds is 8. The molecule has 0 aliphatic carbocycles. The van der Waals surface area contributed by atoms with Crippen molar-refractivity contribution in [2.45, 2.75) is 20.5 Å². The van der Waals surface area contributed by atoms with E-state index in [1.807, 2.05) is 30.3 Å². The molecular formula is C28H25FO5. The van der Waals surface area contributed by atoms with Crippen molar-refractivity contribution >= 4 is 11.9 Å². The third-order valence-electron chi connectivity index (χ3n) is 4.94. The molecule has 0 fully saturated rings. The van der Waals surface area contributed by atoms with Gasteiger partial charge in [0.25, 0.3) is 0 Å². The highest BCUT2D eigenvalue weighted by molar-refractivity contribution is 5.89. The van der Waals surface area contributed by atoms with Crippen molar-refractivity contribution in [1.82, 2.24) is 0 Å². The second-order valence-corrected chi connectivity index (χ2v) is 7.81. The summed E-state index contributed by atoms with van der Waals surface area (Å²) in [4.78, 5) is 23.4. The Kier molecular flexibility index (Phi) is 7.76. The maximum Gasteiger partial charge on any atom is 0.338 e. The molecule has 0 aliphatic heterocycles. The van der Waals surface area contributed by atoms with Crippen molar-refractivity contribution in [2.75, 3.05) is 7.11 Å². The lowest BCUT2D eigenvalue weighted by Crippen LogP contribution is -2.08. The van der Waals surface area contributed by atoms with Gasteiger partial charge in [-0.15, -0.1) is 0 Å². The predicted molar refractivity (Wildman–Crippen MR) is 129 cm³/mol. The molecule has 0 heterocycles. The number of carbonyl (C=O) groups is 2. The van der Waals surface area contributed by atoms with Crippen molar-refractivity contribution in [3.63, 3.8) is 0 Å². The van der Waals surface area contributed by atoms with Gasteiger partial charge in [-0.3, -0.25) is 0 Å². The molecule has 3 aromatic carbocycles. The molecule has 3 aromatic rings. The molecule has 0 saturated carbocycles. The topological polar surface area (TPSA) is 61.8 Å². The van der Waals surface area contributed by atoms with E-state index in [4.69, 9.17) is 14.2 Å². The molecule has 0 N–H and O–H groups in total. The number of hydrogen-bond acceptors (Lipinski definition) is 5. The Labute approximate surface area is 198 Å². The van der Waals surface area contributed by atoms with Crippen molar-refractivity contribution in [3.05, 3.63) is 96.3 Å². The van der Waals surface area contributed by atoms with E-state index in [1.54, 1.807) is 32.2 Å². The minimum absolute atomic E-state index is 0.103. The van der Waals surface area contributed by atoms with Crippen LogP contribution in [-0.2, 0) is 20.9 Å². The largest absolute Gasteiger partial charge is 0.423 e. The van der Waals surface area contributed by atoms with Crippen LogP contribution in [0.5, 0.6) is 11.5 Å². The molecule has 0 bridgehead atoms. The van der Waals surface area contributed by atoms with Gasteiger partial charge in [-0.2, -0.15) is 0 Å². The molecule has 174 valence electrons. The fourth-order valence-electron chi connectivity index (χ4n) is 3.19. The lowest BCUT2D eigenvalue weighted by atomic mass is 9.95.